The van der Waals surface area contributed by atoms with Crippen molar-refractivity contribution in [2.45, 2.75) is 19.3 Å². The van der Waals surface area contributed by atoms with Crippen LogP contribution < -0.4 is 5.32 Å². The molecule has 0 aliphatic rings. The van der Waals surface area contributed by atoms with Crippen molar-refractivity contribution in [1.82, 2.24) is 4.98 Å². The lowest BCUT2D eigenvalue weighted by Gasteiger charge is -2.11. The molecule has 0 saturated heterocycles. The number of nitrogens with one attached hydrogen (secondary N) is 1. The van der Waals surface area contributed by atoms with Gasteiger partial charge in [0.25, 0.3) is 5.91 Å². The second-order valence-corrected chi connectivity index (χ2v) is 7.12. The number of benzene rings is 2. The molecule has 3 rings (SSSR count). The number of rotatable bonds is 8. The average molecular weight is 421 g/mol. The molecule has 0 fully saturated rings. The van der Waals surface area contributed by atoms with Gasteiger partial charge in [-0.15, -0.1) is 0 Å². The molecule has 1 aromatic heterocycles. The molecule has 0 spiro atoms. The first-order valence-electron chi connectivity index (χ1n) is 9.52. The predicted molar refractivity (Wildman–Crippen MR) is 119 cm³/mol. The quantitative estimate of drug-likeness (QED) is 0.460. The third-order valence-electron chi connectivity index (χ3n) is 4.46. The van der Waals surface area contributed by atoms with Crippen LogP contribution in [0.2, 0.25) is 5.02 Å². The lowest BCUT2D eigenvalue weighted by molar-refractivity contribution is -0.137. The molecule has 2 N–H and O–H groups in total. The first kappa shape index (κ1) is 21.3. The number of aromatic nitrogens is 1. The van der Waals surface area contributed by atoms with Gasteiger partial charge in [0, 0.05) is 40.7 Å². The Balaban J connectivity index is 1.77. The molecule has 1 amide bonds. The largest absolute Gasteiger partial charge is 0.481 e. The number of carboxylic acid groups (broad SMARTS) is 1. The molecule has 0 unspecified atom stereocenters. The van der Waals surface area contributed by atoms with Gasteiger partial charge in [-0.2, -0.15) is 0 Å². The molecule has 0 atom stereocenters. The van der Waals surface area contributed by atoms with E-state index in [0.29, 0.717) is 29.1 Å². The number of pyridine rings is 1. The van der Waals surface area contributed by atoms with Gasteiger partial charge in [-0.1, -0.05) is 41.9 Å². The highest BCUT2D eigenvalue weighted by Crippen LogP contribution is 2.25. The van der Waals surface area contributed by atoms with Gasteiger partial charge in [0.15, 0.2) is 0 Å². The maximum absolute atomic E-state index is 12.4. The first-order chi connectivity index (χ1) is 14.5. The first-order valence-corrected chi connectivity index (χ1v) is 9.90. The second kappa shape index (κ2) is 10.4. The number of hydrogen-bond acceptors (Lipinski definition) is 3. The number of hydrogen-bond donors (Lipinski definition) is 2. The smallest absolute Gasteiger partial charge is 0.303 e. The molecule has 2 aromatic carbocycles. The number of nitrogens with zero attached hydrogens (tertiary/aromatic N) is 1. The van der Waals surface area contributed by atoms with E-state index in [1.165, 1.54) is 0 Å². The highest BCUT2D eigenvalue weighted by Gasteiger charge is 2.09. The van der Waals surface area contributed by atoms with Crippen LogP contribution in [0.25, 0.3) is 5.57 Å². The van der Waals surface area contributed by atoms with Crippen molar-refractivity contribution in [3.63, 3.8) is 0 Å². The summed E-state index contributed by atoms with van der Waals surface area (Å²) in [6, 6.07) is 18.1. The standard InChI is InChI=1S/C24H21ClN2O3/c25-20-7-3-5-18(15-20)24(30)27-21-12-10-17(11-13-21)22(8-1-2-9-23(28)29)19-6-4-14-26-16-19/h3-8,10-16H,1-2,9H2,(H,27,30)(H,28,29). The molecular weight excluding hydrogens is 400 g/mol. The van der Waals surface area contributed by atoms with E-state index in [1.807, 2.05) is 42.5 Å². The van der Waals surface area contributed by atoms with Gasteiger partial charge < -0.3 is 10.4 Å². The third-order valence-corrected chi connectivity index (χ3v) is 4.69. The summed E-state index contributed by atoms with van der Waals surface area (Å²) in [7, 11) is 0. The zero-order valence-electron chi connectivity index (χ0n) is 16.2. The van der Waals surface area contributed by atoms with Gasteiger partial charge in [-0.25, -0.2) is 0 Å². The normalized spacial score (nSPS) is 11.2. The fourth-order valence-electron chi connectivity index (χ4n) is 2.99. The summed E-state index contributed by atoms with van der Waals surface area (Å²) in [4.78, 5) is 27.3. The summed E-state index contributed by atoms with van der Waals surface area (Å²) in [5, 5.41) is 12.2. The number of amides is 1. The van der Waals surface area contributed by atoms with Crippen molar-refractivity contribution in [2.24, 2.45) is 0 Å². The van der Waals surface area contributed by atoms with Crippen molar-refractivity contribution in [1.29, 1.82) is 0 Å². The highest BCUT2D eigenvalue weighted by atomic mass is 35.5. The van der Waals surface area contributed by atoms with Crippen LogP contribution in [0, 0.1) is 0 Å². The van der Waals surface area contributed by atoms with Crippen molar-refractivity contribution in [3.05, 3.63) is 101 Å². The minimum atomic E-state index is -0.800. The van der Waals surface area contributed by atoms with E-state index in [0.717, 1.165) is 16.7 Å². The van der Waals surface area contributed by atoms with Gasteiger partial charge in [0.05, 0.1) is 0 Å². The molecule has 0 aliphatic carbocycles. The van der Waals surface area contributed by atoms with Gasteiger partial charge in [-0.05, 0) is 60.4 Å². The molecule has 152 valence electrons. The van der Waals surface area contributed by atoms with Gasteiger partial charge in [0.2, 0.25) is 0 Å². The van der Waals surface area contributed by atoms with E-state index in [9.17, 15) is 9.59 Å². The number of allylic oxidation sites excluding steroid dienone is 1. The summed E-state index contributed by atoms with van der Waals surface area (Å²) in [5.74, 6) is -1.03. The molecule has 0 aliphatic heterocycles. The van der Waals surface area contributed by atoms with Crippen molar-refractivity contribution in [2.75, 3.05) is 5.32 Å². The maximum atomic E-state index is 12.4. The van der Waals surface area contributed by atoms with E-state index in [4.69, 9.17) is 16.7 Å². The molecule has 6 heteroatoms. The number of carbonyl (C=O) groups is 2. The van der Waals surface area contributed by atoms with E-state index >= 15 is 0 Å². The Labute approximate surface area is 180 Å². The number of carbonyl (C=O) groups excluding carboxylic acids is 1. The van der Waals surface area contributed by atoms with Crippen LogP contribution in [-0.2, 0) is 4.79 Å². The lowest BCUT2D eigenvalue weighted by atomic mass is 9.97. The predicted octanol–water partition coefficient (Wildman–Crippen LogP) is 5.67. The molecule has 1 heterocycles. The number of unbranched alkanes of at least 4 members (excludes halogenated alkanes) is 1. The minimum Gasteiger partial charge on any atom is -0.481 e. The fraction of sp³-hybridized carbons (Fsp3) is 0.125. The van der Waals surface area contributed by atoms with E-state index in [1.54, 1.807) is 36.7 Å². The van der Waals surface area contributed by atoms with Gasteiger partial charge in [0.1, 0.15) is 0 Å². The average Bonchev–Trinajstić information content (AvgIpc) is 2.75. The van der Waals surface area contributed by atoms with Crippen LogP contribution in [0.3, 0.4) is 0 Å². The van der Waals surface area contributed by atoms with Gasteiger partial charge >= 0.3 is 5.97 Å². The lowest BCUT2D eigenvalue weighted by Crippen LogP contribution is -2.11. The Kier molecular flexibility index (Phi) is 7.35. The summed E-state index contributed by atoms with van der Waals surface area (Å²) < 4.78 is 0. The van der Waals surface area contributed by atoms with Crippen LogP contribution >= 0.6 is 11.6 Å². The number of carboxylic acids is 1. The molecule has 0 bridgehead atoms. The Morgan fingerprint density at radius 1 is 1.00 bits per heavy atom. The summed E-state index contributed by atoms with van der Waals surface area (Å²) in [6.45, 7) is 0. The van der Waals surface area contributed by atoms with E-state index in [2.05, 4.69) is 10.3 Å². The van der Waals surface area contributed by atoms with Crippen LogP contribution in [0.4, 0.5) is 5.69 Å². The second-order valence-electron chi connectivity index (χ2n) is 6.69. The summed E-state index contributed by atoms with van der Waals surface area (Å²) in [5.41, 5.74) is 4.03. The van der Waals surface area contributed by atoms with E-state index < -0.39 is 5.97 Å². The summed E-state index contributed by atoms with van der Waals surface area (Å²) >= 11 is 5.95. The Morgan fingerprint density at radius 2 is 1.77 bits per heavy atom. The SMILES string of the molecule is O=C(O)CCCC=C(c1ccc(NC(=O)c2cccc(Cl)c2)cc1)c1cccnc1. The molecular formula is C24H21ClN2O3. The van der Waals surface area contributed by atoms with Crippen LogP contribution in [-0.4, -0.2) is 22.0 Å². The van der Waals surface area contributed by atoms with Crippen LogP contribution in [0.1, 0.15) is 40.7 Å². The van der Waals surface area contributed by atoms with Crippen LogP contribution in [0.5, 0.6) is 0 Å². The van der Waals surface area contributed by atoms with Crippen molar-refractivity contribution < 1.29 is 14.7 Å². The molecule has 5 nitrogen and oxygen atoms in total. The monoisotopic (exact) mass is 420 g/mol. The Morgan fingerprint density at radius 3 is 2.43 bits per heavy atom. The molecule has 0 radical (unpaired) electrons. The maximum Gasteiger partial charge on any atom is 0.303 e. The highest BCUT2D eigenvalue weighted by molar-refractivity contribution is 6.31. The Bertz CT molecular complexity index is 1050. The third kappa shape index (κ3) is 6.03. The fourth-order valence-corrected chi connectivity index (χ4v) is 3.18. The zero-order valence-corrected chi connectivity index (χ0v) is 17.0. The van der Waals surface area contributed by atoms with Gasteiger partial charge in [-0.3, -0.25) is 14.6 Å². The zero-order chi connectivity index (χ0) is 21.3. The molecule has 0 saturated carbocycles. The van der Waals surface area contributed by atoms with E-state index in [-0.39, 0.29) is 12.3 Å². The molecule has 30 heavy (non-hydrogen) atoms. The number of anilines is 1. The minimum absolute atomic E-state index is 0.130. The summed E-state index contributed by atoms with van der Waals surface area (Å²) in [6.07, 6.45) is 6.85. The number of halogens is 1. The Hall–Kier alpha value is -3.44. The van der Waals surface area contributed by atoms with Crippen LogP contribution in [0.15, 0.2) is 79.1 Å². The number of aliphatic carboxylic acids is 1. The topological polar surface area (TPSA) is 79.3 Å². The molecule has 3 aromatic rings. The van der Waals surface area contributed by atoms with Crippen molar-refractivity contribution in [3.8, 4) is 0 Å². The van der Waals surface area contributed by atoms with Crippen molar-refractivity contribution >= 4 is 34.7 Å².